The molecule has 108 valence electrons. The van der Waals surface area contributed by atoms with Gasteiger partial charge in [0.05, 0.1) is 5.52 Å². The molecule has 20 heavy (non-hydrogen) atoms. The Kier molecular flexibility index (Phi) is 3.86. The number of rotatable bonds is 2. The molecule has 0 saturated heterocycles. The molecule has 0 saturated carbocycles. The average Bonchev–Trinajstić information content (AvgIpc) is 2.66. The number of carbonyl (C=O) groups is 1. The number of nitrogens with zero attached hydrogens (tertiary/aromatic N) is 1. The van der Waals surface area contributed by atoms with Gasteiger partial charge in [-0.2, -0.15) is 0 Å². The Bertz CT molecular complexity index is 621. The van der Waals surface area contributed by atoms with Crippen molar-refractivity contribution in [3.8, 4) is 0 Å². The maximum absolute atomic E-state index is 12.3. The lowest BCUT2D eigenvalue weighted by Crippen LogP contribution is -2.26. The highest BCUT2D eigenvalue weighted by atomic mass is 16.6. The Hall–Kier alpha value is -1.81. The average molecular weight is 274 g/mol. The van der Waals surface area contributed by atoms with Crippen LogP contribution in [0.3, 0.4) is 0 Å². The number of para-hydroxylation sites is 1. The van der Waals surface area contributed by atoms with E-state index >= 15 is 0 Å². The summed E-state index contributed by atoms with van der Waals surface area (Å²) < 4.78 is 7.01. The number of fused-ring (bicyclic) bond motifs is 1. The SMILES string of the molecule is CC(N)Cc1cn(C(=O)OC(C)(C)C)c2ccccc12. The molecule has 0 aliphatic rings. The van der Waals surface area contributed by atoms with Crippen LogP contribution >= 0.6 is 0 Å². The first kappa shape index (κ1) is 14.6. The van der Waals surface area contributed by atoms with E-state index in [1.165, 1.54) is 0 Å². The molecular weight excluding hydrogens is 252 g/mol. The second-order valence-corrected chi connectivity index (χ2v) is 6.20. The highest BCUT2D eigenvalue weighted by Crippen LogP contribution is 2.23. The van der Waals surface area contributed by atoms with Crippen LogP contribution in [-0.2, 0) is 11.2 Å². The Morgan fingerprint density at radius 2 is 2.00 bits per heavy atom. The molecule has 0 radical (unpaired) electrons. The molecule has 0 amide bonds. The zero-order chi connectivity index (χ0) is 14.9. The summed E-state index contributed by atoms with van der Waals surface area (Å²) in [6.45, 7) is 7.54. The van der Waals surface area contributed by atoms with Crippen molar-refractivity contribution in [2.75, 3.05) is 0 Å². The summed E-state index contributed by atoms with van der Waals surface area (Å²) in [5, 5.41) is 1.05. The Morgan fingerprint density at radius 1 is 1.35 bits per heavy atom. The molecule has 0 aliphatic carbocycles. The first-order chi connectivity index (χ1) is 9.28. The van der Waals surface area contributed by atoms with E-state index in [1.807, 2.05) is 58.2 Å². The zero-order valence-corrected chi connectivity index (χ0v) is 12.5. The highest BCUT2D eigenvalue weighted by Gasteiger charge is 2.20. The number of benzene rings is 1. The fourth-order valence-corrected chi connectivity index (χ4v) is 2.22. The third-order valence-corrected chi connectivity index (χ3v) is 2.93. The molecule has 1 unspecified atom stereocenters. The summed E-state index contributed by atoms with van der Waals surface area (Å²) in [6, 6.07) is 7.86. The molecule has 1 aromatic carbocycles. The fourth-order valence-electron chi connectivity index (χ4n) is 2.22. The number of carbonyl (C=O) groups excluding carboxylic acids is 1. The van der Waals surface area contributed by atoms with Gasteiger partial charge in [-0.05, 0) is 45.7 Å². The van der Waals surface area contributed by atoms with Crippen molar-refractivity contribution in [3.05, 3.63) is 36.0 Å². The van der Waals surface area contributed by atoms with E-state index in [1.54, 1.807) is 4.57 Å². The smallest absolute Gasteiger partial charge is 0.419 e. The molecular formula is C16H22N2O2. The van der Waals surface area contributed by atoms with Gasteiger partial charge in [-0.1, -0.05) is 18.2 Å². The van der Waals surface area contributed by atoms with Crippen LogP contribution in [0.5, 0.6) is 0 Å². The zero-order valence-electron chi connectivity index (χ0n) is 12.5. The summed E-state index contributed by atoms with van der Waals surface area (Å²) in [6.07, 6.45) is 2.21. The van der Waals surface area contributed by atoms with E-state index in [4.69, 9.17) is 10.5 Å². The minimum atomic E-state index is -0.510. The monoisotopic (exact) mass is 274 g/mol. The van der Waals surface area contributed by atoms with Gasteiger partial charge in [0.1, 0.15) is 5.60 Å². The lowest BCUT2D eigenvalue weighted by atomic mass is 10.1. The molecule has 2 N–H and O–H groups in total. The molecule has 0 spiro atoms. The van der Waals surface area contributed by atoms with Gasteiger partial charge in [-0.25, -0.2) is 4.79 Å². The summed E-state index contributed by atoms with van der Waals surface area (Å²) >= 11 is 0. The molecule has 0 aliphatic heterocycles. The van der Waals surface area contributed by atoms with Crippen molar-refractivity contribution in [3.63, 3.8) is 0 Å². The van der Waals surface area contributed by atoms with Crippen LogP contribution in [-0.4, -0.2) is 22.3 Å². The van der Waals surface area contributed by atoms with Crippen LogP contribution in [0.2, 0.25) is 0 Å². The van der Waals surface area contributed by atoms with Crippen LogP contribution in [0.4, 0.5) is 4.79 Å². The Balaban J connectivity index is 2.46. The van der Waals surface area contributed by atoms with E-state index in [-0.39, 0.29) is 12.1 Å². The van der Waals surface area contributed by atoms with Gasteiger partial charge < -0.3 is 10.5 Å². The normalized spacial score (nSPS) is 13.4. The number of nitrogens with two attached hydrogens (primary N) is 1. The lowest BCUT2D eigenvalue weighted by Gasteiger charge is -2.19. The first-order valence-corrected chi connectivity index (χ1v) is 6.86. The van der Waals surface area contributed by atoms with E-state index < -0.39 is 5.60 Å². The third kappa shape index (κ3) is 3.20. The molecule has 4 heteroatoms. The molecule has 2 aromatic rings. The number of ether oxygens (including phenoxy) is 1. The second kappa shape index (κ2) is 5.29. The van der Waals surface area contributed by atoms with Crippen molar-refractivity contribution >= 4 is 17.0 Å². The van der Waals surface area contributed by atoms with E-state index in [9.17, 15) is 4.79 Å². The summed E-state index contributed by atoms with van der Waals surface area (Å²) in [5.41, 5.74) is 7.30. The fraction of sp³-hybridized carbons (Fsp3) is 0.438. The van der Waals surface area contributed by atoms with Crippen molar-refractivity contribution in [2.24, 2.45) is 5.73 Å². The number of hydrogen-bond acceptors (Lipinski definition) is 3. The molecule has 4 nitrogen and oxygen atoms in total. The quantitative estimate of drug-likeness (QED) is 0.914. The van der Waals surface area contributed by atoms with Gasteiger partial charge in [0.15, 0.2) is 0 Å². The topological polar surface area (TPSA) is 57.2 Å². The number of hydrogen-bond donors (Lipinski definition) is 1. The summed E-state index contributed by atoms with van der Waals surface area (Å²) in [4.78, 5) is 12.3. The van der Waals surface area contributed by atoms with E-state index in [0.717, 1.165) is 22.9 Å². The van der Waals surface area contributed by atoms with E-state index in [2.05, 4.69) is 0 Å². The maximum atomic E-state index is 12.3. The minimum Gasteiger partial charge on any atom is -0.443 e. The number of aromatic nitrogens is 1. The lowest BCUT2D eigenvalue weighted by molar-refractivity contribution is 0.0544. The molecule has 1 atom stereocenters. The Morgan fingerprint density at radius 3 is 2.60 bits per heavy atom. The predicted molar refractivity (Wildman–Crippen MR) is 80.9 cm³/mol. The van der Waals surface area contributed by atoms with Gasteiger partial charge in [-0.3, -0.25) is 4.57 Å². The van der Waals surface area contributed by atoms with Crippen LogP contribution in [0.1, 0.15) is 33.3 Å². The van der Waals surface area contributed by atoms with Gasteiger partial charge in [0.25, 0.3) is 0 Å². The van der Waals surface area contributed by atoms with Crippen LogP contribution in [0.15, 0.2) is 30.5 Å². The van der Waals surface area contributed by atoms with E-state index in [0.29, 0.717) is 0 Å². The van der Waals surface area contributed by atoms with Crippen LogP contribution in [0.25, 0.3) is 10.9 Å². The molecule has 0 bridgehead atoms. The summed E-state index contributed by atoms with van der Waals surface area (Å²) in [5.74, 6) is 0. The minimum absolute atomic E-state index is 0.0490. The van der Waals surface area contributed by atoms with Crippen LogP contribution in [0, 0.1) is 0 Å². The van der Waals surface area contributed by atoms with Crippen molar-refractivity contribution in [2.45, 2.75) is 45.8 Å². The van der Waals surface area contributed by atoms with Gasteiger partial charge in [0.2, 0.25) is 0 Å². The summed E-state index contributed by atoms with van der Waals surface area (Å²) in [7, 11) is 0. The van der Waals surface area contributed by atoms with Crippen molar-refractivity contribution in [1.29, 1.82) is 0 Å². The predicted octanol–water partition coefficient (Wildman–Crippen LogP) is 3.31. The molecule has 1 aromatic heterocycles. The molecule has 1 heterocycles. The molecule has 0 fully saturated rings. The molecule has 2 rings (SSSR count). The van der Waals surface area contributed by atoms with Crippen molar-refractivity contribution in [1.82, 2.24) is 4.57 Å². The van der Waals surface area contributed by atoms with Gasteiger partial charge in [0, 0.05) is 17.6 Å². The third-order valence-electron chi connectivity index (χ3n) is 2.93. The Labute approximate surface area is 119 Å². The largest absolute Gasteiger partial charge is 0.443 e. The maximum Gasteiger partial charge on any atom is 0.419 e. The van der Waals surface area contributed by atoms with Gasteiger partial charge in [-0.15, -0.1) is 0 Å². The second-order valence-electron chi connectivity index (χ2n) is 6.20. The van der Waals surface area contributed by atoms with Gasteiger partial charge >= 0.3 is 6.09 Å². The van der Waals surface area contributed by atoms with Crippen molar-refractivity contribution < 1.29 is 9.53 Å². The van der Waals surface area contributed by atoms with Crippen LogP contribution < -0.4 is 5.73 Å². The first-order valence-electron chi connectivity index (χ1n) is 6.86. The standard InChI is InChI=1S/C16H22N2O2/c1-11(17)9-12-10-18(15(19)20-16(2,3)4)14-8-6-5-7-13(12)14/h5-8,10-11H,9,17H2,1-4H3. The highest BCUT2D eigenvalue weighted by molar-refractivity contribution is 5.92.